The van der Waals surface area contributed by atoms with Gasteiger partial charge < -0.3 is 14.2 Å². The Hall–Kier alpha value is -1.96. The normalized spacial score (nSPS) is 10.1. The lowest BCUT2D eigenvalue weighted by atomic mass is 10.3. The number of rotatable bonds is 4. The van der Waals surface area contributed by atoms with E-state index in [1.54, 1.807) is 6.07 Å². The van der Waals surface area contributed by atoms with Crippen LogP contribution in [0.15, 0.2) is 22.7 Å². The lowest BCUT2D eigenvalue weighted by Gasteiger charge is -2.06. The van der Waals surface area contributed by atoms with E-state index in [1.807, 2.05) is 0 Å². The fraction of sp³-hybridized carbons (Fsp3) is 0.182. The summed E-state index contributed by atoms with van der Waals surface area (Å²) < 4.78 is 28.7. The molecule has 2 aromatic rings. The van der Waals surface area contributed by atoms with Crippen LogP contribution in [-0.4, -0.2) is 29.2 Å². The lowest BCUT2D eigenvalue weighted by molar-refractivity contribution is 0.320. The number of ether oxygens (including phenoxy) is 3. The molecule has 0 unspecified atom stereocenters. The van der Waals surface area contributed by atoms with Crippen LogP contribution in [0.1, 0.15) is 0 Å². The Morgan fingerprint density at radius 1 is 1.00 bits per heavy atom. The highest BCUT2D eigenvalue weighted by molar-refractivity contribution is 9.10. The smallest absolute Gasteiger partial charge is 0.331 e. The Morgan fingerprint density at radius 3 is 2.11 bits per heavy atom. The predicted octanol–water partition coefficient (Wildman–Crippen LogP) is 2.58. The van der Waals surface area contributed by atoms with E-state index in [2.05, 4.69) is 30.9 Å². The van der Waals surface area contributed by atoms with Crippen LogP contribution >= 0.6 is 15.9 Å². The van der Waals surface area contributed by atoms with E-state index < -0.39 is 5.82 Å². The van der Waals surface area contributed by atoms with Crippen LogP contribution < -0.4 is 14.2 Å². The van der Waals surface area contributed by atoms with Crippen molar-refractivity contribution in [2.24, 2.45) is 0 Å². The molecule has 0 aliphatic carbocycles. The molecule has 19 heavy (non-hydrogen) atoms. The molecule has 1 heterocycles. The quantitative estimate of drug-likeness (QED) is 0.858. The number of nitrogens with zero attached hydrogens (tertiary/aromatic N) is 3. The van der Waals surface area contributed by atoms with E-state index >= 15 is 0 Å². The van der Waals surface area contributed by atoms with Gasteiger partial charge in [0.25, 0.3) is 0 Å². The minimum Gasteiger partial charge on any atom is -0.467 e. The standard InChI is InChI=1S/C11H9BrFN3O3/c1-17-9-14-10(18-2)16-11(15-9)19-6-3-4-7(12)8(13)5-6/h3-5H,1-2H3. The highest BCUT2D eigenvalue weighted by Gasteiger charge is 2.10. The molecule has 100 valence electrons. The van der Waals surface area contributed by atoms with E-state index in [4.69, 9.17) is 14.2 Å². The summed E-state index contributed by atoms with van der Waals surface area (Å²) in [4.78, 5) is 11.5. The van der Waals surface area contributed by atoms with Gasteiger partial charge in [-0.1, -0.05) is 0 Å². The average molecular weight is 330 g/mol. The highest BCUT2D eigenvalue weighted by atomic mass is 79.9. The summed E-state index contributed by atoms with van der Waals surface area (Å²) >= 11 is 3.05. The van der Waals surface area contributed by atoms with Crippen LogP contribution in [0.2, 0.25) is 0 Å². The lowest BCUT2D eigenvalue weighted by Crippen LogP contribution is -2.01. The third-order valence-corrected chi connectivity index (χ3v) is 2.68. The Bertz CT molecular complexity index is 575. The zero-order valence-corrected chi connectivity index (χ0v) is 11.6. The summed E-state index contributed by atoms with van der Waals surface area (Å²) in [5.41, 5.74) is 0. The number of aromatic nitrogens is 3. The second-order valence-electron chi connectivity index (χ2n) is 3.27. The molecule has 0 aliphatic rings. The number of methoxy groups -OCH3 is 2. The van der Waals surface area contributed by atoms with Gasteiger partial charge in [-0.3, -0.25) is 0 Å². The molecule has 0 radical (unpaired) electrons. The first-order chi connectivity index (χ1) is 9.12. The van der Waals surface area contributed by atoms with Gasteiger partial charge in [0.1, 0.15) is 11.6 Å². The highest BCUT2D eigenvalue weighted by Crippen LogP contribution is 2.25. The monoisotopic (exact) mass is 329 g/mol. The maximum atomic E-state index is 13.3. The largest absolute Gasteiger partial charge is 0.467 e. The van der Waals surface area contributed by atoms with Gasteiger partial charge in [0.2, 0.25) is 0 Å². The van der Waals surface area contributed by atoms with Gasteiger partial charge in [0, 0.05) is 6.07 Å². The maximum Gasteiger partial charge on any atom is 0.331 e. The molecule has 6 nitrogen and oxygen atoms in total. The topological polar surface area (TPSA) is 66.4 Å². The van der Waals surface area contributed by atoms with Crippen LogP contribution in [0.5, 0.6) is 23.8 Å². The average Bonchev–Trinajstić information content (AvgIpc) is 2.42. The van der Waals surface area contributed by atoms with Crippen molar-refractivity contribution < 1.29 is 18.6 Å². The number of halogens is 2. The molecular formula is C11H9BrFN3O3. The molecule has 8 heteroatoms. The van der Waals surface area contributed by atoms with Crippen molar-refractivity contribution in [3.05, 3.63) is 28.5 Å². The minimum atomic E-state index is -0.453. The van der Waals surface area contributed by atoms with Crippen molar-refractivity contribution in [2.75, 3.05) is 14.2 Å². The van der Waals surface area contributed by atoms with Crippen molar-refractivity contribution in [3.8, 4) is 23.8 Å². The number of hydrogen-bond donors (Lipinski definition) is 0. The Morgan fingerprint density at radius 2 is 1.58 bits per heavy atom. The van der Waals surface area contributed by atoms with Gasteiger partial charge in [-0.2, -0.15) is 0 Å². The maximum absolute atomic E-state index is 13.3. The molecule has 0 aliphatic heterocycles. The number of hydrogen-bond acceptors (Lipinski definition) is 6. The minimum absolute atomic E-state index is 0.0411. The van der Waals surface area contributed by atoms with E-state index in [-0.39, 0.29) is 23.8 Å². The van der Waals surface area contributed by atoms with Crippen LogP contribution in [-0.2, 0) is 0 Å². The van der Waals surface area contributed by atoms with E-state index in [0.717, 1.165) is 0 Å². The molecule has 0 spiro atoms. The third-order valence-electron chi connectivity index (χ3n) is 2.04. The van der Waals surface area contributed by atoms with Gasteiger partial charge in [-0.25, -0.2) is 4.39 Å². The molecule has 0 bridgehead atoms. The first kappa shape index (κ1) is 13.5. The van der Waals surface area contributed by atoms with Crippen LogP contribution in [0, 0.1) is 5.82 Å². The Kier molecular flexibility index (Phi) is 4.10. The zero-order valence-electron chi connectivity index (χ0n) is 10.1. The van der Waals surface area contributed by atoms with E-state index in [9.17, 15) is 4.39 Å². The fourth-order valence-electron chi connectivity index (χ4n) is 1.19. The number of benzene rings is 1. The summed E-state index contributed by atoms with van der Waals surface area (Å²) in [6.45, 7) is 0. The molecule has 0 fully saturated rings. The summed E-state index contributed by atoms with van der Waals surface area (Å²) in [6, 6.07) is 4.31. The molecule has 0 N–H and O–H groups in total. The fourth-order valence-corrected chi connectivity index (χ4v) is 1.44. The zero-order chi connectivity index (χ0) is 13.8. The second kappa shape index (κ2) is 5.79. The molecule has 0 saturated carbocycles. The molecule has 1 aromatic carbocycles. The molecule has 0 saturated heterocycles. The van der Waals surface area contributed by atoms with Crippen molar-refractivity contribution >= 4 is 15.9 Å². The Balaban J connectivity index is 2.29. The van der Waals surface area contributed by atoms with Crippen molar-refractivity contribution in [1.29, 1.82) is 0 Å². The first-order valence-corrected chi connectivity index (χ1v) is 5.88. The third kappa shape index (κ3) is 3.28. The van der Waals surface area contributed by atoms with Gasteiger partial charge in [-0.15, -0.1) is 15.0 Å². The van der Waals surface area contributed by atoms with Gasteiger partial charge >= 0.3 is 18.0 Å². The summed E-state index contributed by atoms with van der Waals surface area (Å²) in [6.07, 6.45) is 0. The molecule has 0 atom stereocenters. The summed E-state index contributed by atoms with van der Waals surface area (Å²) in [7, 11) is 2.80. The van der Waals surface area contributed by atoms with Crippen LogP contribution in [0.25, 0.3) is 0 Å². The first-order valence-electron chi connectivity index (χ1n) is 5.09. The van der Waals surface area contributed by atoms with Gasteiger partial charge in [0.05, 0.1) is 18.7 Å². The molecule has 0 amide bonds. The van der Waals surface area contributed by atoms with E-state index in [0.29, 0.717) is 4.47 Å². The predicted molar refractivity (Wildman–Crippen MR) is 67.1 cm³/mol. The molecular weight excluding hydrogens is 321 g/mol. The molecule has 2 rings (SSSR count). The van der Waals surface area contributed by atoms with Crippen molar-refractivity contribution in [3.63, 3.8) is 0 Å². The van der Waals surface area contributed by atoms with Gasteiger partial charge in [0.15, 0.2) is 0 Å². The van der Waals surface area contributed by atoms with E-state index in [1.165, 1.54) is 26.4 Å². The van der Waals surface area contributed by atoms with Gasteiger partial charge in [-0.05, 0) is 28.1 Å². The summed E-state index contributed by atoms with van der Waals surface area (Å²) in [5.74, 6) is -0.207. The molecule has 1 aromatic heterocycles. The second-order valence-corrected chi connectivity index (χ2v) is 4.12. The van der Waals surface area contributed by atoms with Crippen LogP contribution in [0.3, 0.4) is 0 Å². The van der Waals surface area contributed by atoms with Crippen molar-refractivity contribution in [1.82, 2.24) is 15.0 Å². The Labute approximate surface area is 116 Å². The van der Waals surface area contributed by atoms with Crippen LogP contribution in [0.4, 0.5) is 4.39 Å². The van der Waals surface area contributed by atoms with Crippen molar-refractivity contribution in [2.45, 2.75) is 0 Å². The SMILES string of the molecule is COc1nc(OC)nc(Oc2ccc(Br)c(F)c2)n1. The summed E-state index contributed by atoms with van der Waals surface area (Å²) in [5, 5.41) is 0.